The average molecular weight is 248 g/mol. The second-order valence-electron chi connectivity index (χ2n) is 2.03. The van der Waals surface area contributed by atoms with Crippen molar-refractivity contribution in [2.45, 2.75) is 0 Å². The van der Waals surface area contributed by atoms with E-state index in [1.165, 1.54) is 7.05 Å². The minimum absolute atomic E-state index is 0.299. The van der Waals surface area contributed by atoms with E-state index in [0.717, 1.165) is 4.47 Å². The molecule has 0 heterocycles. The lowest BCUT2D eigenvalue weighted by atomic mass is 10.3. The van der Waals surface area contributed by atoms with E-state index in [2.05, 4.69) is 15.9 Å². The number of nitrogens with one attached hydrogen (secondary N) is 1. The number of phenolic OH excluding ortho intramolecular Hbond substituents is 1. The van der Waals surface area contributed by atoms with E-state index in [-0.39, 0.29) is 0 Å². The lowest BCUT2D eigenvalue weighted by Gasteiger charge is -1.87. The van der Waals surface area contributed by atoms with Gasteiger partial charge in [0, 0.05) is 11.5 Å². The van der Waals surface area contributed by atoms with Crippen molar-refractivity contribution >= 4 is 22.0 Å². The fourth-order valence-electron chi connectivity index (χ4n) is 0.441. The summed E-state index contributed by atoms with van der Waals surface area (Å²) in [5.74, 6) is 0.299. The second-order valence-corrected chi connectivity index (χ2v) is 2.95. The highest BCUT2D eigenvalue weighted by Crippen LogP contribution is 2.13. The molecule has 0 radical (unpaired) electrons. The Labute approximate surface area is 84.3 Å². The van der Waals surface area contributed by atoms with E-state index in [1.807, 2.05) is 5.32 Å². The number of halogens is 1. The molecule has 0 saturated carbocycles. The minimum Gasteiger partial charge on any atom is -0.508 e. The highest BCUT2D eigenvalue weighted by Gasteiger charge is 1.83. The van der Waals surface area contributed by atoms with Crippen LogP contribution in [0.15, 0.2) is 28.7 Å². The van der Waals surface area contributed by atoms with Gasteiger partial charge in [0.05, 0.1) is 0 Å². The van der Waals surface area contributed by atoms with E-state index >= 15 is 0 Å². The molecule has 3 N–H and O–H groups in total. The number of aromatic hydroxyl groups is 1. The standard InChI is InChI=1S/C6H5BrO.C2H5NO2/c7-5-1-3-6(8)4-2-5;1-3-2(4)5/h1-4,8H;3H,1H3,(H,4,5). The molecule has 0 aliphatic heterocycles. The maximum absolute atomic E-state index is 9.26. The van der Waals surface area contributed by atoms with Crippen LogP contribution in [0, 0.1) is 0 Å². The SMILES string of the molecule is CNC(=O)O.Oc1ccc(Br)cc1. The van der Waals surface area contributed by atoms with Crippen molar-refractivity contribution in [3.8, 4) is 5.75 Å². The third kappa shape index (κ3) is 7.14. The first-order valence-corrected chi connectivity index (χ1v) is 4.20. The third-order valence-corrected chi connectivity index (χ3v) is 1.57. The first-order valence-electron chi connectivity index (χ1n) is 3.41. The van der Waals surface area contributed by atoms with Crippen molar-refractivity contribution in [1.82, 2.24) is 5.32 Å². The molecule has 0 bridgehead atoms. The van der Waals surface area contributed by atoms with E-state index in [0.29, 0.717) is 5.75 Å². The Bertz CT molecular complexity index is 240. The zero-order valence-corrected chi connectivity index (χ0v) is 8.58. The van der Waals surface area contributed by atoms with Crippen LogP contribution in [-0.2, 0) is 0 Å². The predicted octanol–water partition coefficient (Wildman–Crippen LogP) is 2.04. The van der Waals surface area contributed by atoms with Gasteiger partial charge in [-0.1, -0.05) is 15.9 Å². The second kappa shape index (κ2) is 6.30. The quantitative estimate of drug-likeness (QED) is 0.658. The van der Waals surface area contributed by atoms with Crippen molar-refractivity contribution in [2.75, 3.05) is 7.05 Å². The van der Waals surface area contributed by atoms with Gasteiger partial charge in [0.1, 0.15) is 5.75 Å². The van der Waals surface area contributed by atoms with Crippen LogP contribution in [0.2, 0.25) is 0 Å². The predicted molar refractivity (Wildman–Crippen MR) is 52.9 cm³/mol. The molecule has 1 amide bonds. The highest BCUT2D eigenvalue weighted by atomic mass is 79.9. The van der Waals surface area contributed by atoms with Crippen LogP contribution >= 0.6 is 15.9 Å². The molecule has 1 rings (SSSR count). The Morgan fingerprint density at radius 2 is 1.77 bits per heavy atom. The summed E-state index contributed by atoms with van der Waals surface area (Å²) < 4.78 is 0.982. The van der Waals surface area contributed by atoms with Crippen LogP contribution in [0.25, 0.3) is 0 Å². The Hall–Kier alpha value is -1.23. The van der Waals surface area contributed by atoms with Gasteiger partial charge in [0.2, 0.25) is 0 Å². The van der Waals surface area contributed by atoms with E-state index in [9.17, 15) is 4.79 Å². The molecule has 13 heavy (non-hydrogen) atoms. The van der Waals surface area contributed by atoms with Gasteiger partial charge in [-0.15, -0.1) is 0 Å². The molecule has 1 aromatic rings. The fraction of sp³-hybridized carbons (Fsp3) is 0.125. The van der Waals surface area contributed by atoms with E-state index < -0.39 is 6.09 Å². The molecular weight excluding hydrogens is 238 g/mol. The summed E-state index contributed by atoms with van der Waals surface area (Å²) >= 11 is 3.23. The number of amides is 1. The summed E-state index contributed by atoms with van der Waals surface area (Å²) in [6.07, 6.45) is -0.995. The zero-order chi connectivity index (χ0) is 10.3. The van der Waals surface area contributed by atoms with E-state index in [1.54, 1.807) is 24.3 Å². The van der Waals surface area contributed by atoms with Gasteiger partial charge in [-0.2, -0.15) is 0 Å². The first kappa shape index (κ1) is 11.8. The number of benzene rings is 1. The van der Waals surface area contributed by atoms with Gasteiger partial charge in [-0.3, -0.25) is 0 Å². The first-order chi connectivity index (χ1) is 6.06. The van der Waals surface area contributed by atoms with Crippen molar-refractivity contribution in [3.05, 3.63) is 28.7 Å². The summed E-state index contributed by atoms with van der Waals surface area (Å²) in [7, 11) is 1.35. The van der Waals surface area contributed by atoms with Gasteiger partial charge in [-0.05, 0) is 24.3 Å². The van der Waals surface area contributed by atoms with Gasteiger partial charge in [-0.25, -0.2) is 4.79 Å². The van der Waals surface area contributed by atoms with Gasteiger partial charge >= 0.3 is 6.09 Å². The number of carboxylic acid groups (broad SMARTS) is 1. The minimum atomic E-state index is -0.995. The smallest absolute Gasteiger partial charge is 0.404 e. The van der Waals surface area contributed by atoms with Gasteiger partial charge in [0.25, 0.3) is 0 Å². The van der Waals surface area contributed by atoms with Crippen molar-refractivity contribution in [3.63, 3.8) is 0 Å². The van der Waals surface area contributed by atoms with Crippen LogP contribution in [0.3, 0.4) is 0 Å². The molecule has 0 aliphatic carbocycles. The lowest BCUT2D eigenvalue weighted by molar-refractivity contribution is 0.197. The highest BCUT2D eigenvalue weighted by molar-refractivity contribution is 9.10. The van der Waals surface area contributed by atoms with Crippen LogP contribution in [0.1, 0.15) is 0 Å². The van der Waals surface area contributed by atoms with Crippen LogP contribution < -0.4 is 5.32 Å². The molecular formula is C8H10BrNO3. The molecule has 5 heteroatoms. The molecule has 1 aromatic carbocycles. The molecule has 0 fully saturated rings. The molecule has 0 saturated heterocycles. The van der Waals surface area contributed by atoms with Crippen molar-refractivity contribution in [2.24, 2.45) is 0 Å². The Morgan fingerprint density at radius 3 is 2.00 bits per heavy atom. The maximum Gasteiger partial charge on any atom is 0.404 e. The largest absolute Gasteiger partial charge is 0.508 e. The van der Waals surface area contributed by atoms with E-state index in [4.69, 9.17) is 10.2 Å². The Kier molecular flexibility index (Phi) is 5.71. The number of phenols is 1. The normalized spacial score (nSPS) is 8.15. The molecule has 0 atom stereocenters. The van der Waals surface area contributed by atoms with Crippen molar-refractivity contribution in [1.29, 1.82) is 0 Å². The lowest BCUT2D eigenvalue weighted by Crippen LogP contribution is -2.13. The van der Waals surface area contributed by atoms with Gasteiger partial charge < -0.3 is 15.5 Å². The summed E-state index contributed by atoms with van der Waals surface area (Å²) in [6, 6.07) is 6.83. The molecule has 0 unspecified atom stereocenters. The topological polar surface area (TPSA) is 69.6 Å². The summed E-state index contributed by atoms with van der Waals surface area (Å²) in [6.45, 7) is 0. The third-order valence-electron chi connectivity index (χ3n) is 1.04. The summed E-state index contributed by atoms with van der Waals surface area (Å²) in [5.41, 5.74) is 0. The molecule has 72 valence electrons. The molecule has 0 spiro atoms. The van der Waals surface area contributed by atoms with Gasteiger partial charge in [0.15, 0.2) is 0 Å². The summed E-state index contributed by atoms with van der Waals surface area (Å²) in [4.78, 5) is 9.26. The molecule has 4 nitrogen and oxygen atoms in total. The number of rotatable bonds is 0. The van der Waals surface area contributed by atoms with Crippen LogP contribution in [-0.4, -0.2) is 23.4 Å². The molecule has 0 aliphatic rings. The monoisotopic (exact) mass is 247 g/mol. The van der Waals surface area contributed by atoms with Crippen LogP contribution in [0.5, 0.6) is 5.75 Å². The van der Waals surface area contributed by atoms with Crippen molar-refractivity contribution < 1.29 is 15.0 Å². The number of hydrogen-bond acceptors (Lipinski definition) is 2. The molecule has 0 aromatic heterocycles. The number of hydrogen-bond donors (Lipinski definition) is 3. The zero-order valence-electron chi connectivity index (χ0n) is 6.99. The summed E-state index contributed by atoms with van der Waals surface area (Å²) in [5, 5.41) is 18.3. The van der Waals surface area contributed by atoms with Crippen LogP contribution in [0.4, 0.5) is 4.79 Å². The Balaban J connectivity index is 0.000000252. The Morgan fingerprint density at radius 1 is 1.38 bits per heavy atom. The average Bonchev–Trinajstić information content (AvgIpc) is 2.11. The fourth-order valence-corrected chi connectivity index (χ4v) is 0.705. The number of carbonyl (C=O) groups is 1. The maximum atomic E-state index is 9.26.